The van der Waals surface area contributed by atoms with Crippen molar-refractivity contribution in [2.24, 2.45) is 11.7 Å². The van der Waals surface area contributed by atoms with Crippen LogP contribution in [0, 0.1) is 5.92 Å². The van der Waals surface area contributed by atoms with Crippen molar-refractivity contribution >= 4 is 11.8 Å². The smallest absolute Gasteiger partial charge is 0.239 e. The summed E-state index contributed by atoms with van der Waals surface area (Å²) < 4.78 is 0. The van der Waals surface area contributed by atoms with E-state index in [0.717, 1.165) is 0 Å². The average Bonchev–Trinajstić information content (AvgIpc) is 2.64. The zero-order valence-electron chi connectivity index (χ0n) is 11.2. The van der Waals surface area contributed by atoms with Gasteiger partial charge < -0.3 is 16.4 Å². The fourth-order valence-corrected chi connectivity index (χ4v) is 2.48. The van der Waals surface area contributed by atoms with Gasteiger partial charge in [-0.25, -0.2) is 0 Å². The molecule has 5 nitrogen and oxygen atoms in total. The Hall–Kier alpha value is -1.10. The van der Waals surface area contributed by atoms with Gasteiger partial charge in [0.2, 0.25) is 11.8 Å². The van der Waals surface area contributed by atoms with Gasteiger partial charge in [0.1, 0.15) is 0 Å². The number of carbonyl (C=O) groups excluding carboxylic acids is 2. The van der Waals surface area contributed by atoms with Gasteiger partial charge in [-0.15, -0.1) is 0 Å². The van der Waals surface area contributed by atoms with Crippen molar-refractivity contribution in [3.05, 3.63) is 0 Å². The van der Waals surface area contributed by atoms with Crippen LogP contribution in [-0.2, 0) is 9.59 Å². The van der Waals surface area contributed by atoms with Crippen molar-refractivity contribution in [3.63, 3.8) is 0 Å². The third-order valence-corrected chi connectivity index (χ3v) is 3.63. The van der Waals surface area contributed by atoms with E-state index in [4.69, 9.17) is 5.73 Å². The van der Waals surface area contributed by atoms with Crippen LogP contribution in [-0.4, -0.2) is 30.9 Å². The minimum Gasteiger partial charge on any atom is -0.352 e. The molecule has 0 aromatic carbocycles. The van der Waals surface area contributed by atoms with Crippen LogP contribution in [0.4, 0.5) is 0 Å². The van der Waals surface area contributed by atoms with Crippen LogP contribution in [0.15, 0.2) is 0 Å². The molecule has 1 aliphatic rings. The molecule has 104 valence electrons. The fourth-order valence-electron chi connectivity index (χ4n) is 2.48. The quantitative estimate of drug-likeness (QED) is 0.627. The van der Waals surface area contributed by atoms with E-state index < -0.39 is 0 Å². The van der Waals surface area contributed by atoms with Gasteiger partial charge in [-0.05, 0) is 25.7 Å². The highest BCUT2D eigenvalue weighted by Gasteiger charge is 2.20. The van der Waals surface area contributed by atoms with Crippen molar-refractivity contribution < 1.29 is 9.59 Å². The Balaban J connectivity index is 2.27. The lowest BCUT2D eigenvalue weighted by atomic mass is 9.93. The van der Waals surface area contributed by atoms with E-state index >= 15 is 0 Å². The van der Waals surface area contributed by atoms with Crippen LogP contribution in [0.2, 0.25) is 0 Å². The molecule has 0 bridgehead atoms. The molecule has 2 amide bonds. The summed E-state index contributed by atoms with van der Waals surface area (Å²) in [5.74, 6) is 0.141. The highest BCUT2D eigenvalue weighted by Crippen LogP contribution is 2.25. The van der Waals surface area contributed by atoms with Crippen molar-refractivity contribution in [1.29, 1.82) is 0 Å². The van der Waals surface area contributed by atoms with Crippen LogP contribution in [0.3, 0.4) is 0 Å². The summed E-state index contributed by atoms with van der Waals surface area (Å²) in [6, 6.07) is 0.186. The molecule has 0 spiro atoms. The molecule has 1 saturated carbocycles. The van der Waals surface area contributed by atoms with E-state index in [2.05, 4.69) is 17.6 Å². The number of hydrogen-bond acceptors (Lipinski definition) is 3. The molecule has 0 aromatic heterocycles. The second-order valence-corrected chi connectivity index (χ2v) is 5.09. The molecule has 0 heterocycles. The zero-order valence-corrected chi connectivity index (χ0v) is 11.2. The highest BCUT2D eigenvalue weighted by molar-refractivity contribution is 5.85. The third-order valence-electron chi connectivity index (χ3n) is 3.63. The first-order valence-electron chi connectivity index (χ1n) is 6.89. The molecule has 18 heavy (non-hydrogen) atoms. The van der Waals surface area contributed by atoms with Crippen LogP contribution >= 0.6 is 0 Å². The maximum atomic E-state index is 11.6. The first-order chi connectivity index (χ1) is 8.63. The second-order valence-electron chi connectivity index (χ2n) is 5.09. The topological polar surface area (TPSA) is 84.2 Å². The van der Waals surface area contributed by atoms with E-state index in [-0.39, 0.29) is 30.9 Å². The second kappa shape index (κ2) is 8.08. The van der Waals surface area contributed by atoms with E-state index in [1.807, 2.05) is 0 Å². The summed E-state index contributed by atoms with van der Waals surface area (Å²) in [6.45, 7) is 2.00. The number of rotatable bonds is 5. The average molecular weight is 255 g/mol. The van der Waals surface area contributed by atoms with E-state index in [1.165, 1.54) is 38.5 Å². The van der Waals surface area contributed by atoms with Crippen molar-refractivity contribution in [2.75, 3.05) is 13.1 Å². The third kappa shape index (κ3) is 5.49. The number of carbonyl (C=O) groups is 2. The predicted octanol–water partition coefficient (Wildman–Crippen LogP) is 0.536. The van der Waals surface area contributed by atoms with Crippen LogP contribution in [0.1, 0.15) is 45.4 Å². The summed E-state index contributed by atoms with van der Waals surface area (Å²) >= 11 is 0. The summed E-state index contributed by atoms with van der Waals surface area (Å²) in [5.41, 5.74) is 5.15. The summed E-state index contributed by atoms with van der Waals surface area (Å²) in [5, 5.41) is 5.44. The van der Waals surface area contributed by atoms with E-state index in [9.17, 15) is 9.59 Å². The molecule has 0 unspecified atom stereocenters. The SMILES string of the molecule is C[C@@H](NC(=O)CNC(=O)CN)C1CCCCCC1. The molecule has 0 radical (unpaired) electrons. The summed E-state index contributed by atoms with van der Waals surface area (Å²) in [6.07, 6.45) is 7.52. The lowest BCUT2D eigenvalue weighted by Gasteiger charge is -2.23. The first kappa shape index (κ1) is 15.0. The summed E-state index contributed by atoms with van der Waals surface area (Å²) in [7, 11) is 0. The Kier molecular flexibility index (Phi) is 6.72. The maximum Gasteiger partial charge on any atom is 0.239 e. The van der Waals surface area contributed by atoms with Gasteiger partial charge in [0.25, 0.3) is 0 Å². The Labute approximate surface area is 109 Å². The predicted molar refractivity (Wildman–Crippen MR) is 70.9 cm³/mol. The molecule has 0 saturated heterocycles. The molecule has 1 fully saturated rings. The van der Waals surface area contributed by atoms with Gasteiger partial charge in [0.15, 0.2) is 0 Å². The van der Waals surface area contributed by atoms with Crippen LogP contribution in [0.25, 0.3) is 0 Å². The lowest BCUT2D eigenvalue weighted by molar-refractivity contribution is -0.125. The highest BCUT2D eigenvalue weighted by atomic mass is 16.2. The Morgan fingerprint density at radius 2 is 1.78 bits per heavy atom. The van der Waals surface area contributed by atoms with Crippen molar-refractivity contribution in [2.45, 2.75) is 51.5 Å². The standard InChI is InChI=1S/C13H25N3O2/c1-10(11-6-4-2-3-5-7-11)16-13(18)9-15-12(17)8-14/h10-11H,2-9,14H2,1H3,(H,15,17)(H,16,18)/t10-/m1/s1. The minimum absolute atomic E-state index is 0.0209. The largest absolute Gasteiger partial charge is 0.352 e. The molecular formula is C13H25N3O2. The maximum absolute atomic E-state index is 11.6. The molecule has 1 rings (SSSR count). The molecule has 5 heteroatoms. The van der Waals surface area contributed by atoms with Crippen LogP contribution in [0.5, 0.6) is 0 Å². The molecule has 1 aliphatic carbocycles. The monoisotopic (exact) mass is 255 g/mol. The zero-order chi connectivity index (χ0) is 13.4. The molecular weight excluding hydrogens is 230 g/mol. The van der Waals surface area contributed by atoms with Crippen molar-refractivity contribution in [1.82, 2.24) is 10.6 Å². The van der Waals surface area contributed by atoms with Gasteiger partial charge >= 0.3 is 0 Å². The number of nitrogens with two attached hydrogens (primary N) is 1. The lowest BCUT2D eigenvalue weighted by Crippen LogP contribution is -2.44. The normalized spacial score (nSPS) is 18.8. The molecule has 0 aromatic rings. The van der Waals surface area contributed by atoms with Crippen molar-refractivity contribution in [3.8, 4) is 0 Å². The molecule has 1 atom stereocenters. The first-order valence-corrected chi connectivity index (χ1v) is 6.89. The van der Waals surface area contributed by atoms with Gasteiger partial charge in [-0.3, -0.25) is 9.59 Å². The number of nitrogens with one attached hydrogen (secondary N) is 2. The Morgan fingerprint density at radius 3 is 2.33 bits per heavy atom. The van der Waals surface area contributed by atoms with Gasteiger partial charge in [-0.1, -0.05) is 25.7 Å². The minimum atomic E-state index is -0.299. The number of hydrogen-bond donors (Lipinski definition) is 3. The van der Waals surface area contributed by atoms with Gasteiger partial charge in [0, 0.05) is 6.04 Å². The number of amides is 2. The van der Waals surface area contributed by atoms with Gasteiger partial charge in [-0.2, -0.15) is 0 Å². The van der Waals surface area contributed by atoms with Gasteiger partial charge in [0.05, 0.1) is 13.1 Å². The van der Waals surface area contributed by atoms with E-state index in [0.29, 0.717) is 5.92 Å². The Bertz CT molecular complexity index is 273. The van der Waals surface area contributed by atoms with Crippen LogP contribution < -0.4 is 16.4 Å². The molecule has 0 aliphatic heterocycles. The van der Waals surface area contributed by atoms with E-state index in [1.54, 1.807) is 0 Å². The summed E-state index contributed by atoms with van der Waals surface area (Å²) in [4.78, 5) is 22.6. The molecule has 4 N–H and O–H groups in total. The fraction of sp³-hybridized carbons (Fsp3) is 0.846. The Morgan fingerprint density at radius 1 is 1.17 bits per heavy atom.